The van der Waals surface area contributed by atoms with Crippen LogP contribution in [-0.4, -0.2) is 18.0 Å². The molecule has 0 unspecified atom stereocenters. The Labute approximate surface area is 159 Å². The fourth-order valence-electron chi connectivity index (χ4n) is 2.77. The third-order valence-corrected chi connectivity index (χ3v) is 5.18. The summed E-state index contributed by atoms with van der Waals surface area (Å²) >= 11 is 1.56. The van der Waals surface area contributed by atoms with Crippen LogP contribution in [0.15, 0.2) is 66.7 Å². The first kappa shape index (κ1) is 17.2. The molecule has 1 aromatic heterocycles. The molecule has 4 rings (SSSR count). The highest BCUT2D eigenvalue weighted by atomic mass is 32.1. The molecular formula is C21H15FN2O2S. The largest absolute Gasteiger partial charge is 0.494 e. The summed E-state index contributed by atoms with van der Waals surface area (Å²) in [5.41, 5.74) is 2.57. The third-order valence-electron chi connectivity index (χ3n) is 4.11. The Morgan fingerprint density at radius 3 is 2.63 bits per heavy atom. The lowest BCUT2D eigenvalue weighted by atomic mass is 10.1. The van der Waals surface area contributed by atoms with Gasteiger partial charge in [-0.25, -0.2) is 9.37 Å². The van der Waals surface area contributed by atoms with Crippen LogP contribution < -0.4 is 10.1 Å². The van der Waals surface area contributed by atoms with Gasteiger partial charge in [0.25, 0.3) is 5.91 Å². The molecule has 4 aromatic rings. The van der Waals surface area contributed by atoms with E-state index in [4.69, 9.17) is 4.74 Å². The van der Waals surface area contributed by atoms with E-state index < -0.39 is 11.7 Å². The number of para-hydroxylation sites is 2. The van der Waals surface area contributed by atoms with Gasteiger partial charge in [0.05, 0.1) is 23.0 Å². The third kappa shape index (κ3) is 3.39. The second-order valence-electron chi connectivity index (χ2n) is 5.84. The van der Waals surface area contributed by atoms with E-state index in [2.05, 4.69) is 10.3 Å². The number of ether oxygens (including phenoxy) is 1. The van der Waals surface area contributed by atoms with E-state index in [9.17, 15) is 9.18 Å². The number of anilines is 1. The van der Waals surface area contributed by atoms with Gasteiger partial charge in [0, 0.05) is 11.1 Å². The summed E-state index contributed by atoms with van der Waals surface area (Å²) in [5, 5.41) is 3.67. The zero-order chi connectivity index (χ0) is 18.8. The maximum Gasteiger partial charge on any atom is 0.255 e. The van der Waals surface area contributed by atoms with Crippen LogP contribution in [0.25, 0.3) is 20.8 Å². The first-order chi connectivity index (χ1) is 13.2. The highest BCUT2D eigenvalue weighted by Gasteiger charge is 2.15. The molecule has 3 aromatic carbocycles. The van der Waals surface area contributed by atoms with Crippen LogP contribution in [0.5, 0.6) is 5.75 Å². The zero-order valence-corrected chi connectivity index (χ0v) is 15.2. The predicted octanol–water partition coefficient (Wildman–Crippen LogP) is 5.36. The molecule has 1 heterocycles. The molecule has 0 aliphatic carbocycles. The van der Waals surface area contributed by atoms with Gasteiger partial charge in [0.2, 0.25) is 0 Å². The van der Waals surface area contributed by atoms with Crippen molar-refractivity contribution in [2.24, 2.45) is 0 Å². The van der Waals surface area contributed by atoms with E-state index >= 15 is 0 Å². The Bertz CT molecular complexity index is 1110. The molecule has 1 N–H and O–H groups in total. The highest BCUT2D eigenvalue weighted by molar-refractivity contribution is 7.21. The fourth-order valence-corrected chi connectivity index (χ4v) is 3.77. The van der Waals surface area contributed by atoms with Crippen molar-refractivity contribution in [2.75, 3.05) is 12.4 Å². The lowest BCUT2D eigenvalue weighted by molar-refractivity contribution is 0.102. The van der Waals surface area contributed by atoms with Gasteiger partial charge in [-0.3, -0.25) is 4.79 Å². The van der Waals surface area contributed by atoms with Crippen molar-refractivity contribution >= 4 is 33.1 Å². The molecule has 134 valence electrons. The lowest BCUT2D eigenvalue weighted by Crippen LogP contribution is -2.13. The number of benzene rings is 3. The molecule has 0 aliphatic rings. The summed E-state index contributed by atoms with van der Waals surface area (Å²) in [6.45, 7) is 0. The Kier molecular flexibility index (Phi) is 4.56. The molecule has 0 saturated carbocycles. The maximum atomic E-state index is 13.9. The summed E-state index contributed by atoms with van der Waals surface area (Å²) in [7, 11) is 1.38. The zero-order valence-electron chi connectivity index (χ0n) is 14.4. The molecule has 0 bridgehead atoms. The minimum atomic E-state index is -0.579. The number of nitrogens with zero attached hydrogens (tertiary/aromatic N) is 1. The number of hydrogen-bond acceptors (Lipinski definition) is 4. The normalized spacial score (nSPS) is 10.7. The predicted molar refractivity (Wildman–Crippen MR) is 106 cm³/mol. The van der Waals surface area contributed by atoms with Gasteiger partial charge < -0.3 is 10.1 Å². The number of carbonyl (C=O) groups is 1. The number of carbonyl (C=O) groups excluding carboxylic acids is 1. The van der Waals surface area contributed by atoms with Crippen molar-refractivity contribution in [3.8, 4) is 16.3 Å². The average Bonchev–Trinajstić information content (AvgIpc) is 3.12. The quantitative estimate of drug-likeness (QED) is 0.520. The van der Waals surface area contributed by atoms with Crippen LogP contribution in [0.2, 0.25) is 0 Å². The van der Waals surface area contributed by atoms with E-state index in [1.807, 2.05) is 42.5 Å². The van der Waals surface area contributed by atoms with Crippen molar-refractivity contribution in [1.82, 2.24) is 4.98 Å². The molecule has 1 amide bonds. The van der Waals surface area contributed by atoms with E-state index in [0.29, 0.717) is 5.69 Å². The summed E-state index contributed by atoms with van der Waals surface area (Å²) in [5.74, 6) is -0.879. The van der Waals surface area contributed by atoms with Crippen molar-refractivity contribution in [3.63, 3.8) is 0 Å². The number of hydrogen-bond donors (Lipinski definition) is 1. The SMILES string of the molecule is COc1ccc(C(=O)Nc2ccccc2-c2nc3ccccc3s2)cc1F. The van der Waals surface area contributed by atoms with Crippen molar-refractivity contribution in [3.05, 3.63) is 78.1 Å². The Hall–Kier alpha value is -3.25. The first-order valence-corrected chi connectivity index (χ1v) is 9.07. The number of amides is 1. The van der Waals surface area contributed by atoms with Crippen LogP contribution >= 0.6 is 11.3 Å². The highest BCUT2D eigenvalue weighted by Crippen LogP contribution is 2.34. The van der Waals surface area contributed by atoms with E-state index in [1.54, 1.807) is 17.4 Å². The maximum absolute atomic E-state index is 13.9. The van der Waals surface area contributed by atoms with Crippen molar-refractivity contribution in [2.45, 2.75) is 0 Å². The summed E-state index contributed by atoms with van der Waals surface area (Å²) < 4.78 is 19.9. The number of halogens is 1. The minimum Gasteiger partial charge on any atom is -0.494 e. The Morgan fingerprint density at radius 2 is 1.85 bits per heavy atom. The fraction of sp³-hybridized carbons (Fsp3) is 0.0476. The van der Waals surface area contributed by atoms with Gasteiger partial charge in [-0.05, 0) is 42.5 Å². The lowest BCUT2D eigenvalue weighted by Gasteiger charge is -2.10. The summed E-state index contributed by atoms with van der Waals surface area (Å²) in [6.07, 6.45) is 0. The minimum absolute atomic E-state index is 0.0985. The topological polar surface area (TPSA) is 51.2 Å². The second-order valence-corrected chi connectivity index (χ2v) is 6.87. The molecule has 6 heteroatoms. The van der Waals surface area contributed by atoms with Gasteiger partial charge in [-0.1, -0.05) is 24.3 Å². The number of nitrogens with one attached hydrogen (secondary N) is 1. The number of fused-ring (bicyclic) bond motifs is 1. The van der Waals surface area contributed by atoms with Gasteiger partial charge in [-0.15, -0.1) is 11.3 Å². The molecule has 4 nitrogen and oxygen atoms in total. The molecule has 0 fully saturated rings. The number of thiazole rings is 1. The van der Waals surface area contributed by atoms with Crippen molar-refractivity contribution in [1.29, 1.82) is 0 Å². The number of rotatable bonds is 4. The summed E-state index contributed by atoms with van der Waals surface area (Å²) in [4.78, 5) is 17.2. The number of methoxy groups -OCH3 is 1. The van der Waals surface area contributed by atoms with E-state index in [1.165, 1.54) is 19.2 Å². The van der Waals surface area contributed by atoms with Crippen molar-refractivity contribution < 1.29 is 13.9 Å². The molecule has 0 radical (unpaired) electrons. The molecular weight excluding hydrogens is 363 g/mol. The van der Waals surface area contributed by atoms with Gasteiger partial charge in [0.15, 0.2) is 11.6 Å². The monoisotopic (exact) mass is 378 g/mol. The van der Waals surface area contributed by atoms with Crippen LogP contribution in [0.3, 0.4) is 0 Å². The molecule has 0 aliphatic heterocycles. The number of aromatic nitrogens is 1. The Morgan fingerprint density at radius 1 is 1.07 bits per heavy atom. The first-order valence-electron chi connectivity index (χ1n) is 8.25. The molecule has 0 saturated heterocycles. The van der Waals surface area contributed by atoms with Crippen LogP contribution in [0.4, 0.5) is 10.1 Å². The average molecular weight is 378 g/mol. The summed E-state index contributed by atoms with van der Waals surface area (Å²) in [6, 6.07) is 19.4. The smallest absolute Gasteiger partial charge is 0.255 e. The Balaban J connectivity index is 1.67. The van der Waals surface area contributed by atoms with Gasteiger partial charge in [-0.2, -0.15) is 0 Å². The standard InChI is InChI=1S/C21H15FN2O2S/c1-26-18-11-10-13(12-15(18)22)20(25)23-16-7-3-2-6-14(16)21-24-17-8-4-5-9-19(17)27-21/h2-12H,1H3,(H,23,25). The van der Waals surface area contributed by atoms with Crippen LogP contribution in [-0.2, 0) is 0 Å². The van der Waals surface area contributed by atoms with Crippen LogP contribution in [0, 0.1) is 5.82 Å². The molecule has 0 atom stereocenters. The second kappa shape index (κ2) is 7.17. The van der Waals surface area contributed by atoms with Gasteiger partial charge in [0.1, 0.15) is 5.01 Å². The van der Waals surface area contributed by atoms with Crippen LogP contribution in [0.1, 0.15) is 10.4 Å². The molecule has 0 spiro atoms. The van der Waals surface area contributed by atoms with E-state index in [0.717, 1.165) is 26.9 Å². The van der Waals surface area contributed by atoms with Gasteiger partial charge >= 0.3 is 0 Å². The molecule has 27 heavy (non-hydrogen) atoms. The van der Waals surface area contributed by atoms with E-state index in [-0.39, 0.29) is 11.3 Å².